The highest BCUT2D eigenvalue weighted by molar-refractivity contribution is 5.61. The molecule has 1 fully saturated rings. The summed E-state index contributed by atoms with van der Waals surface area (Å²) in [5, 5.41) is 3.35. The van der Waals surface area contributed by atoms with Gasteiger partial charge in [-0.05, 0) is 32.1 Å². The minimum Gasteiger partial charge on any atom is -0.396 e. The summed E-state index contributed by atoms with van der Waals surface area (Å²) in [5.41, 5.74) is 11.8. The second-order valence-corrected chi connectivity index (χ2v) is 4.06. The number of likely N-dealkylation sites (tertiary alicyclic amines) is 1. The fraction of sp³-hybridized carbons (Fsp3) is 0.500. The van der Waals surface area contributed by atoms with E-state index in [1.54, 1.807) is 6.07 Å². The number of nitrogens with two attached hydrogens (primary N) is 2. The van der Waals surface area contributed by atoms with Crippen LogP contribution in [0.1, 0.15) is 6.42 Å². The van der Waals surface area contributed by atoms with E-state index in [4.69, 9.17) is 11.5 Å². The lowest BCUT2D eigenvalue weighted by Crippen LogP contribution is -2.24. The molecule has 1 atom stereocenters. The Morgan fingerprint density at radius 3 is 2.87 bits per heavy atom. The van der Waals surface area contributed by atoms with Crippen molar-refractivity contribution in [3.05, 3.63) is 12.1 Å². The summed E-state index contributed by atoms with van der Waals surface area (Å²) in [6.45, 7) is 2.17. The number of nitrogens with zero attached hydrogens (tertiary/aromatic N) is 2. The molecule has 5 heteroatoms. The van der Waals surface area contributed by atoms with E-state index >= 15 is 0 Å². The van der Waals surface area contributed by atoms with Gasteiger partial charge < -0.3 is 21.7 Å². The predicted octanol–water partition coefficient (Wildman–Crippen LogP) is 0.362. The second-order valence-electron chi connectivity index (χ2n) is 4.06. The summed E-state index contributed by atoms with van der Waals surface area (Å²) >= 11 is 0. The average Bonchev–Trinajstić information content (AvgIpc) is 2.58. The zero-order valence-electron chi connectivity index (χ0n) is 8.90. The zero-order chi connectivity index (χ0) is 10.8. The molecule has 0 aromatic carbocycles. The third kappa shape index (κ3) is 2.30. The smallest absolute Gasteiger partial charge is 0.149 e. The van der Waals surface area contributed by atoms with Gasteiger partial charge in [0.25, 0.3) is 0 Å². The van der Waals surface area contributed by atoms with Crippen molar-refractivity contribution in [3.8, 4) is 0 Å². The maximum atomic E-state index is 5.64. The van der Waals surface area contributed by atoms with Gasteiger partial charge in [-0.3, -0.25) is 0 Å². The van der Waals surface area contributed by atoms with E-state index in [1.165, 1.54) is 0 Å². The molecule has 1 aromatic heterocycles. The molecule has 15 heavy (non-hydrogen) atoms. The maximum Gasteiger partial charge on any atom is 0.149 e. The first-order valence-electron chi connectivity index (χ1n) is 5.12. The van der Waals surface area contributed by atoms with E-state index in [0.717, 1.165) is 25.3 Å². The fourth-order valence-corrected chi connectivity index (χ4v) is 1.83. The van der Waals surface area contributed by atoms with Gasteiger partial charge in [0, 0.05) is 12.6 Å². The number of rotatable bonds is 2. The lowest BCUT2D eigenvalue weighted by molar-refractivity contribution is 0.414. The molecule has 0 saturated carbocycles. The molecule has 5 N–H and O–H groups in total. The van der Waals surface area contributed by atoms with E-state index in [9.17, 15) is 0 Å². The Labute approximate surface area is 89.5 Å². The van der Waals surface area contributed by atoms with Crippen LogP contribution in [-0.2, 0) is 0 Å². The average molecular weight is 207 g/mol. The minimum atomic E-state index is 0.395. The number of aromatic nitrogens is 1. The summed E-state index contributed by atoms with van der Waals surface area (Å²) in [6, 6.07) is 4.11. The molecule has 1 aromatic rings. The van der Waals surface area contributed by atoms with Crippen LogP contribution in [0.4, 0.5) is 17.3 Å². The third-order valence-electron chi connectivity index (χ3n) is 2.70. The highest BCUT2D eigenvalue weighted by atomic mass is 15.2. The first-order valence-corrected chi connectivity index (χ1v) is 5.12. The van der Waals surface area contributed by atoms with Gasteiger partial charge in [0.15, 0.2) is 0 Å². The highest BCUT2D eigenvalue weighted by Crippen LogP contribution is 2.17. The first kappa shape index (κ1) is 10.0. The molecule has 2 heterocycles. The van der Waals surface area contributed by atoms with Crippen LogP contribution in [0.25, 0.3) is 0 Å². The number of likely N-dealkylation sites (N-methyl/N-ethyl adjacent to an activating group) is 1. The summed E-state index contributed by atoms with van der Waals surface area (Å²) in [6.07, 6.45) is 1.14. The molecule has 2 rings (SSSR count). The van der Waals surface area contributed by atoms with Crippen molar-refractivity contribution in [2.24, 2.45) is 0 Å². The summed E-state index contributed by atoms with van der Waals surface area (Å²) < 4.78 is 0. The lowest BCUT2D eigenvalue weighted by atomic mass is 10.2. The van der Waals surface area contributed by atoms with Crippen molar-refractivity contribution < 1.29 is 0 Å². The van der Waals surface area contributed by atoms with Crippen LogP contribution in [0.15, 0.2) is 12.1 Å². The molecule has 0 radical (unpaired) electrons. The Hall–Kier alpha value is -1.49. The molecule has 0 spiro atoms. The van der Waals surface area contributed by atoms with Gasteiger partial charge in [0.2, 0.25) is 0 Å². The summed E-state index contributed by atoms with van der Waals surface area (Å²) in [7, 11) is 2.12. The normalized spacial score (nSPS) is 21.8. The van der Waals surface area contributed by atoms with Gasteiger partial charge in [-0.25, -0.2) is 4.98 Å². The number of nitrogens with one attached hydrogen (secondary N) is 1. The second kappa shape index (κ2) is 3.94. The molecule has 0 amide bonds. The number of hydrogen-bond acceptors (Lipinski definition) is 5. The van der Waals surface area contributed by atoms with Crippen molar-refractivity contribution in [1.29, 1.82) is 0 Å². The Morgan fingerprint density at radius 2 is 2.27 bits per heavy atom. The van der Waals surface area contributed by atoms with Crippen LogP contribution >= 0.6 is 0 Å². The van der Waals surface area contributed by atoms with Gasteiger partial charge in [0.05, 0.1) is 5.69 Å². The van der Waals surface area contributed by atoms with E-state index in [2.05, 4.69) is 22.2 Å². The van der Waals surface area contributed by atoms with Gasteiger partial charge >= 0.3 is 0 Å². The standard InChI is InChI=1S/C10H17N5/c1-15-5-4-7(6-15)13-9-3-2-8(11)10(12)14-9/h2-3,7H,4-6,11H2,1H3,(H3,12,13,14). The molecule has 5 nitrogen and oxygen atoms in total. The van der Waals surface area contributed by atoms with E-state index in [1.807, 2.05) is 6.07 Å². The van der Waals surface area contributed by atoms with E-state index in [0.29, 0.717) is 17.5 Å². The number of hydrogen-bond donors (Lipinski definition) is 3. The molecular formula is C10H17N5. The number of pyridine rings is 1. The van der Waals surface area contributed by atoms with Gasteiger partial charge in [0.1, 0.15) is 11.6 Å². The molecule has 1 aliphatic heterocycles. The number of anilines is 3. The molecule has 82 valence electrons. The van der Waals surface area contributed by atoms with Crippen molar-refractivity contribution in [2.75, 3.05) is 36.9 Å². The Bertz CT molecular complexity index is 352. The van der Waals surface area contributed by atoms with Crippen LogP contribution in [-0.4, -0.2) is 36.1 Å². The molecule has 0 aliphatic carbocycles. The van der Waals surface area contributed by atoms with Crippen LogP contribution < -0.4 is 16.8 Å². The highest BCUT2D eigenvalue weighted by Gasteiger charge is 2.19. The molecule has 1 unspecified atom stereocenters. The Balaban J connectivity index is 2.02. The topological polar surface area (TPSA) is 80.2 Å². The molecular weight excluding hydrogens is 190 g/mol. The van der Waals surface area contributed by atoms with Crippen LogP contribution in [0.3, 0.4) is 0 Å². The predicted molar refractivity (Wildman–Crippen MR) is 62.6 cm³/mol. The number of nitrogen functional groups attached to an aromatic ring is 2. The van der Waals surface area contributed by atoms with Crippen molar-refractivity contribution >= 4 is 17.3 Å². The van der Waals surface area contributed by atoms with Crippen LogP contribution in [0.5, 0.6) is 0 Å². The monoisotopic (exact) mass is 207 g/mol. The lowest BCUT2D eigenvalue weighted by Gasteiger charge is -2.14. The Kier molecular flexibility index (Phi) is 2.64. The van der Waals surface area contributed by atoms with Crippen LogP contribution in [0.2, 0.25) is 0 Å². The summed E-state index contributed by atoms with van der Waals surface area (Å²) in [5.74, 6) is 1.20. The van der Waals surface area contributed by atoms with Gasteiger partial charge in [-0.15, -0.1) is 0 Å². The van der Waals surface area contributed by atoms with E-state index in [-0.39, 0.29) is 0 Å². The largest absolute Gasteiger partial charge is 0.396 e. The Morgan fingerprint density at radius 1 is 1.47 bits per heavy atom. The molecule has 0 bridgehead atoms. The fourth-order valence-electron chi connectivity index (χ4n) is 1.83. The van der Waals surface area contributed by atoms with Crippen molar-refractivity contribution in [1.82, 2.24) is 9.88 Å². The minimum absolute atomic E-state index is 0.395. The van der Waals surface area contributed by atoms with Crippen molar-refractivity contribution in [2.45, 2.75) is 12.5 Å². The van der Waals surface area contributed by atoms with Gasteiger partial charge in [-0.2, -0.15) is 0 Å². The van der Waals surface area contributed by atoms with Gasteiger partial charge in [-0.1, -0.05) is 0 Å². The molecule has 1 aliphatic rings. The zero-order valence-corrected chi connectivity index (χ0v) is 8.90. The van der Waals surface area contributed by atoms with E-state index < -0.39 is 0 Å². The van der Waals surface area contributed by atoms with Crippen LogP contribution in [0, 0.1) is 0 Å². The maximum absolute atomic E-state index is 5.64. The van der Waals surface area contributed by atoms with Crippen molar-refractivity contribution in [3.63, 3.8) is 0 Å². The third-order valence-corrected chi connectivity index (χ3v) is 2.70. The quantitative estimate of drug-likeness (QED) is 0.652. The first-order chi connectivity index (χ1) is 7.15. The summed E-state index contributed by atoms with van der Waals surface area (Å²) in [4.78, 5) is 6.47. The molecule has 1 saturated heterocycles. The SMILES string of the molecule is CN1CCC(Nc2ccc(N)c(N)n2)C1.